The van der Waals surface area contributed by atoms with Crippen molar-refractivity contribution in [1.82, 2.24) is 9.97 Å². The summed E-state index contributed by atoms with van der Waals surface area (Å²) in [7, 11) is 0. The highest BCUT2D eigenvalue weighted by Gasteiger charge is 1.87. The molecule has 0 spiro atoms. The van der Waals surface area contributed by atoms with E-state index in [0.29, 0.717) is 5.82 Å². The number of anilines is 1. The molecule has 0 radical (unpaired) electrons. The molecule has 0 aromatic carbocycles. The predicted molar refractivity (Wildman–Crippen MR) is 53.9 cm³/mol. The second kappa shape index (κ2) is 4.87. The minimum absolute atomic E-state index is 0.452. The van der Waals surface area contributed by atoms with Crippen molar-refractivity contribution in [2.75, 3.05) is 11.1 Å². The average Bonchev–Trinajstić information content (AvgIpc) is 2.09. The normalized spacial score (nSPS) is 10.8. The first kappa shape index (κ1) is 9.19. The Morgan fingerprint density at radius 2 is 2.25 bits per heavy atom. The van der Waals surface area contributed by atoms with Gasteiger partial charge in [0.2, 0.25) is 0 Å². The van der Waals surface area contributed by atoms with Gasteiger partial charge in [0, 0.05) is 5.33 Å². The molecule has 0 aliphatic rings. The molecule has 0 aliphatic heterocycles. The van der Waals surface area contributed by atoms with Gasteiger partial charge in [0.15, 0.2) is 0 Å². The summed E-state index contributed by atoms with van der Waals surface area (Å²) < 4.78 is 0. The fourth-order valence-corrected chi connectivity index (χ4v) is 0.965. The molecule has 1 rings (SSSR count). The summed E-state index contributed by atoms with van der Waals surface area (Å²) in [6, 6.07) is 0. The standard InChI is InChI=1S/C8H10BrN3/c9-4-2-1-3-7-5-12-8(10)6-11-7/h1,3,5-6H,2,4H2,(H2,10,12). The molecule has 1 aromatic heterocycles. The number of alkyl halides is 1. The first-order valence-corrected chi connectivity index (χ1v) is 4.75. The SMILES string of the molecule is Nc1cnc(C=CCCBr)cn1. The van der Waals surface area contributed by atoms with Crippen molar-refractivity contribution in [3.8, 4) is 0 Å². The predicted octanol–water partition coefficient (Wildman–Crippen LogP) is 1.86. The van der Waals surface area contributed by atoms with Crippen molar-refractivity contribution < 1.29 is 0 Å². The van der Waals surface area contributed by atoms with Crippen molar-refractivity contribution in [3.05, 3.63) is 24.2 Å². The zero-order valence-electron chi connectivity index (χ0n) is 6.57. The Labute approximate surface area is 79.8 Å². The fourth-order valence-electron chi connectivity index (χ4n) is 0.701. The molecule has 2 N–H and O–H groups in total. The summed E-state index contributed by atoms with van der Waals surface area (Å²) in [5.74, 6) is 0.452. The molecule has 12 heavy (non-hydrogen) atoms. The first-order valence-electron chi connectivity index (χ1n) is 3.63. The van der Waals surface area contributed by atoms with Gasteiger partial charge in [-0.1, -0.05) is 22.0 Å². The molecule has 1 aromatic rings. The van der Waals surface area contributed by atoms with Gasteiger partial charge in [-0.25, -0.2) is 4.98 Å². The van der Waals surface area contributed by atoms with Crippen molar-refractivity contribution in [2.45, 2.75) is 6.42 Å². The average molecular weight is 228 g/mol. The van der Waals surface area contributed by atoms with Crippen molar-refractivity contribution in [3.63, 3.8) is 0 Å². The lowest BCUT2D eigenvalue weighted by molar-refractivity contribution is 1.18. The van der Waals surface area contributed by atoms with Crippen LogP contribution in [-0.4, -0.2) is 15.3 Å². The fraction of sp³-hybridized carbons (Fsp3) is 0.250. The molecular formula is C8H10BrN3. The lowest BCUT2D eigenvalue weighted by Crippen LogP contribution is -1.91. The highest BCUT2D eigenvalue weighted by atomic mass is 79.9. The Bertz CT molecular complexity index is 256. The summed E-state index contributed by atoms with van der Waals surface area (Å²) in [6.45, 7) is 0. The highest BCUT2D eigenvalue weighted by Crippen LogP contribution is 2.00. The summed E-state index contributed by atoms with van der Waals surface area (Å²) in [4.78, 5) is 7.97. The van der Waals surface area contributed by atoms with Crippen molar-refractivity contribution >= 4 is 27.8 Å². The summed E-state index contributed by atoms with van der Waals surface area (Å²) in [5, 5.41) is 0.964. The van der Waals surface area contributed by atoms with Crippen molar-refractivity contribution in [2.24, 2.45) is 0 Å². The number of allylic oxidation sites excluding steroid dienone is 1. The number of hydrogen-bond donors (Lipinski definition) is 1. The first-order chi connectivity index (χ1) is 5.83. The number of nitrogen functional groups attached to an aromatic ring is 1. The molecule has 0 bridgehead atoms. The van der Waals surface area contributed by atoms with E-state index in [4.69, 9.17) is 5.73 Å². The smallest absolute Gasteiger partial charge is 0.141 e. The number of halogens is 1. The molecule has 0 atom stereocenters. The molecule has 1 heterocycles. The van der Waals surface area contributed by atoms with E-state index in [9.17, 15) is 0 Å². The van der Waals surface area contributed by atoms with E-state index in [0.717, 1.165) is 17.4 Å². The Morgan fingerprint density at radius 1 is 1.42 bits per heavy atom. The Kier molecular flexibility index (Phi) is 3.73. The van der Waals surface area contributed by atoms with Crippen LogP contribution in [0.25, 0.3) is 6.08 Å². The molecule has 0 aliphatic carbocycles. The van der Waals surface area contributed by atoms with Gasteiger partial charge in [-0.15, -0.1) is 0 Å². The monoisotopic (exact) mass is 227 g/mol. The number of nitrogens with zero attached hydrogens (tertiary/aromatic N) is 2. The van der Waals surface area contributed by atoms with Gasteiger partial charge in [0.05, 0.1) is 18.1 Å². The number of rotatable bonds is 3. The van der Waals surface area contributed by atoms with Crippen LogP contribution in [0.4, 0.5) is 5.82 Å². The highest BCUT2D eigenvalue weighted by molar-refractivity contribution is 9.09. The minimum Gasteiger partial charge on any atom is -0.382 e. The van der Waals surface area contributed by atoms with E-state index in [1.54, 1.807) is 12.4 Å². The molecule has 64 valence electrons. The molecule has 0 amide bonds. The Hall–Kier alpha value is -0.900. The van der Waals surface area contributed by atoms with Gasteiger partial charge in [-0.3, -0.25) is 4.98 Å². The molecule has 0 fully saturated rings. The lowest BCUT2D eigenvalue weighted by Gasteiger charge is -1.92. The summed E-state index contributed by atoms with van der Waals surface area (Å²) in [6.07, 6.45) is 8.16. The van der Waals surface area contributed by atoms with Crippen LogP contribution < -0.4 is 5.73 Å². The Balaban J connectivity index is 2.58. The van der Waals surface area contributed by atoms with E-state index in [1.165, 1.54) is 0 Å². The van der Waals surface area contributed by atoms with Gasteiger partial charge in [-0.2, -0.15) is 0 Å². The molecule has 3 nitrogen and oxygen atoms in total. The topological polar surface area (TPSA) is 51.8 Å². The molecule has 0 unspecified atom stereocenters. The van der Waals surface area contributed by atoms with Crippen LogP contribution >= 0.6 is 15.9 Å². The number of aromatic nitrogens is 2. The largest absolute Gasteiger partial charge is 0.382 e. The van der Waals surface area contributed by atoms with Gasteiger partial charge in [0.1, 0.15) is 5.82 Å². The van der Waals surface area contributed by atoms with Crippen LogP contribution in [0.5, 0.6) is 0 Å². The lowest BCUT2D eigenvalue weighted by atomic mass is 10.3. The molecule has 0 saturated heterocycles. The third-order valence-corrected chi connectivity index (χ3v) is 1.71. The zero-order chi connectivity index (χ0) is 8.81. The third-order valence-electron chi connectivity index (χ3n) is 1.26. The maximum Gasteiger partial charge on any atom is 0.141 e. The zero-order valence-corrected chi connectivity index (χ0v) is 8.16. The number of hydrogen-bond acceptors (Lipinski definition) is 3. The molecule has 0 saturated carbocycles. The van der Waals surface area contributed by atoms with Crippen LogP contribution in [0.1, 0.15) is 12.1 Å². The Morgan fingerprint density at radius 3 is 2.83 bits per heavy atom. The van der Waals surface area contributed by atoms with Crippen LogP contribution in [0.2, 0.25) is 0 Å². The second-order valence-electron chi connectivity index (χ2n) is 2.25. The van der Waals surface area contributed by atoms with E-state index in [-0.39, 0.29) is 0 Å². The van der Waals surface area contributed by atoms with Crippen LogP contribution in [0.15, 0.2) is 18.5 Å². The van der Waals surface area contributed by atoms with E-state index in [1.807, 2.05) is 12.2 Å². The van der Waals surface area contributed by atoms with Crippen molar-refractivity contribution in [1.29, 1.82) is 0 Å². The van der Waals surface area contributed by atoms with E-state index < -0.39 is 0 Å². The van der Waals surface area contributed by atoms with Gasteiger partial charge >= 0.3 is 0 Å². The van der Waals surface area contributed by atoms with E-state index >= 15 is 0 Å². The minimum atomic E-state index is 0.452. The van der Waals surface area contributed by atoms with Gasteiger partial charge < -0.3 is 5.73 Å². The summed E-state index contributed by atoms with van der Waals surface area (Å²) >= 11 is 3.33. The molecular weight excluding hydrogens is 218 g/mol. The summed E-state index contributed by atoms with van der Waals surface area (Å²) in [5.41, 5.74) is 6.21. The van der Waals surface area contributed by atoms with E-state index in [2.05, 4.69) is 25.9 Å². The van der Waals surface area contributed by atoms with Crippen LogP contribution in [0.3, 0.4) is 0 Å². The number of nitrogens with two attached hydrogens (primary N) is 1. The third kappa shape index (κ3) is 3.00. The molecule has 4 heteroatoms. The van der Waals surface area contributed by atoms with Gasteiger partial charge in [0.25, 0.3) is 0 Å². The van der Waals surface area contributed by atoms with Crippen LogP contribution in [0, 0.1) is 0 Å². The van der Waals surface area contributed by atoms with Crippen LogP contribution in [-0.2, 0) is 0 Å². The quantitative estimate of drug-likeness (QED) is 0.803. The maximum absolute atomic E-state index is 5.38. The van der Waals surface area contributed by atoms with Gasteiger partial charge in [-0.05, 0) is 12.5 Å². The maximum atomic E-state index is 5.38. The second-order valence-corrected chi connectivity index (χ2v) is 3.04.